The molecule has 0 heterocycles. The maximum atomic E-state index is 10.8. The van der Waals surface area contributed by atoms with Crippen LogP contribution < -0.4 is 10.1 Å². The van der Waals surface area contributed by atoms with Crippen molar-refractivity contribution in [3.05, 3.63) is 23.8 Å². The van der Waals surface area contributed by atoms with Gasteiger partial charge in [-0.05, 0) is 24.7 Å². The van der Waals surface area contributed by atoms with Crippen molar-refractivity contribution in [3.8, 4) is 11.5 Å². The Morgan fingerprint density at radius 1 is 1.53 bits per heavy atom. The van der Waals surface area contributed by atoms with Gasteiger partial charge >= 0.3 is 5.97 Å². The van der Waals surface area contributed by atoms with Crippen LogP contribution in [-0.4, -0.2) is 30.3 Å². The summed E-state index contributed by atoms with van der Waals surface area (Å²) in [5, 5.41) is 21.0. The number of carboxylic acids is 1. The van der Waals surface area contributed by atoms with Crippen molar-refractivity contribution in [2.45, 2.75) is 6.04 Å². The fourth-order valence-corrected chi connectivity index (χ4v) is 1.32. The van der Waals surface area contributed by atoms with Crippen molar-refractivity contribution < 1.29 is 19.7 Å². The van der Waals surface area contributed by atoms with Gasteiger partial charge in [-0.15, -0.1) is 0 Å². The molecule has 0 bridgehead atoms. The molecule has 1 atom stereocenters. The van der Waals surface area contributed by atoms with E-state index in [0.29, 0.717) is 11.3 Å². The summed E-state index contributed by atoms with van der Waals surface area (Å²) in [6, 6.07) is 3.65. The zero-order chi connectivity index (χ0) is 11.4. The number of ether oxygens (including phenoxy) is 1. The average Bonchev–Trinajstić information content (AvgIpc) is 2.18. The van der Waals surface area contributed by atoms with E-state index < -0.39 is 12.0 Å². The Morgan fingerprint density at radius 3 is 2.60 bits per heavy atom. The SMILES string of the molecule is CNC(C(=O)O)c1ccc(OC)c(O)c1. The maximum Gasteiger partial charge on any atom is 0.325 e. The molecule has 1 rings (SSSR count). The Balaban J connectivity index is 3.05. The highest BCUT2D eigenvalue weighted by Gasteiger charge is 2.18. The summed E-state index contributed by atoms with van der Waals surface area (Å²) in [5.41, 5.74) is 0.475. The van der Waals surface area contributed by atoms with Crippen LogP contribution in [0.15, 0.2) is 18.2 Å². The number of methoxy groups -OCH3 is 1. The molecule has 0 aliphatic heterocycles. The summed E-state index contributed by atoms with van der Waals surface area (Å²) in [5.74, 6) is -0.752. The lowest BCUT2D eigenvalue weighted by Gasteiger charge is -2.12. The molecule has 0 saturated heterocycles. The number of benzene rings is 1. The summed E-state index contributed by atoms with van der Waals surface area (Å²) in [6.45, 7) is 0. The summed E-state index contributed by atoms with van der Waals surface area (Å²) >= 11 is 0. The van der Waals surface area contributed by atoms with Crippen molar-refractivity contribution in [3.63, 3.8) is 0 Å². The highest BCUT2D eigenvalue weighted by molar-refractivity contribution is 5.75. The van der Waals surface area contributed by atoms with Gasteiger partial charge in [0.15, 0.2) is 11.5 Å². The quantitative estimate of drug-likeness (QED) is 0.684. The third-order valence-electron chi connectivity index (χ3n) is 2.07. The molecule has 15 heavy (non-hydrogen) atoms. The van der Waals surface area contributed by atoms with Gasteiger partial charge in [0, 0.05) is 0 Å². The molecule has 1 aromatic carbocycles. The summed E-state index contributed by atoms with van der Waals surface area (Å²) in [7, 11) is 2.97. The number of nitrogens with one attached hydrogen (secondary N) is 1. The number of rotatable bonds is 4. The van der Waals surface area contributed by atoms with E-state index in [-0.39, 0.29) is 5.75 Å². The first-order chi connectivity index (χ1) is 7.10. The molecule has 0 spiro atoms. The minimum absolute atomic E-state index is 0.0727. The number of hydrogen-bond acceptors (Lipinski definition) is 4. The summed E-state index contributed by atoms with van der Waals surface area (Å²) < 4.78 is 4.86. The van der Waals surface area contributed by atoms with Crippen LogP contribution in [0.4, 0.5) is 0 Å². The monoisotopic (exact) mass is 211 g/mol. The normalized spacial score (nSPS) is 12.1. The number of aliphatic carboxylic acids is 1. The maximum absolute atomic E-state index is 10.8. The lowest BCUT2D eigenvalue weighted by Crippen LogP contribution is -2.24. The zero-order valence-corrected chi connectivity index (χ0v) is 8.52. The lowest BCUT2D eigenvalue weighted by molar-refractivity contribution is -0.139. The molecular weight excluding hydrogens is 198 g/mol. The van der Waals surface area contributed by atoms with Gasteiger partial charge in [0.05, 0.1) is 7.11 Å². The van der Waals surface area contributed by atoms with Crippen LogP contribution >= 0.6 is 0 Å². The van der Waals surface area contributed by atoms with Gasteiger partial charge in [0.2, 0.25) is 0 Å². The van der Waals surface area contributed by atoms with Crippen molar-refractivity contribution >= 4 is 5.97 Å². The Bertz CT molecular complexity index is 364. The van der Waals surface area contributed by atoms with Crippen molar-refractivity contribution in [1.29, 1.82) is 0 Å². The van der Waals surface area contributed by atoms with Gasteiger partial charge in [-0.25, -0.2) is 0 Å². The van der Waals surface area contributed by atoms with Crippen molar-refractivity contribution in [2.24, 2.45) is 0 Å². The van der Waals surface area contributed by atoms with Crippen LogP contribution in [0.2, 0.25) is 0 Å². The van der Waals surface area contributed by atoms with Gasteiger partial charge in [-0.2, -0.15) is 0 Å². The molecule has 1 aromatic rings. The average molecular weight is 211 g/mol. The Morgan fingerprint density at radius 2 is 2.20 bits per heavy atom. The first kappa shape index (κ1) is 11.3. The fourth-order valence-electron chi connectivity index (χ4n) is 1.32. The van der Waals surface area contributed by atoms with Crippen LogP contribution in [0.1, 0.15) is 11.6 Å². The van der Waals surface area contributed by atoms with E-state index in [4.69, 9.17) is 9.84 Å². The molecule has 0 radical (unpaired) electrons. The van der Waals surface area contributed by atoms with Crippen LogP contribution in [0.25, 0.3) is 0 Å². The van der Waals surface area contributed by atoms with E-state index in [1.54, 1.807) is 13.1 Å². The standard InChI is InChI=1S/C10H13NO4/c1-11-9(10(13)14)6-3-4-8(15-2)7(12)5-6/h3-5,9,11-12H,1-2H3,(H,13,14). The molecule has 3 N–H and O–H groups in total. The number of hydrogen-bond donors (Lipinski definition) is 3. The van der Waals surface area contributed by atoms with Crippen LogP contribution in [-0.2, 0) is 4.79 Å². The van der Waals surface area contributed by atoms with E-state index in [1.807, 2.05) is 0 Å². The Hall–Kier alpha value is -1.75. The first-order valence-electron chi connectivity index (χ1n) is 4.37. The molecule has 0 aliphatic carbocycles. The zero-order valence-electron chi connectivity index (χ0n) is 8.52. The fraction of sp³-hybridized carbons (Fsp3) is 0.300. The molecule has 0 saturated carbocycles. The number of phenols is 1. The second-order valence-corrected chi connectivity index (χ2v) is 2.99. The van der Waals surface area contributed by atoms with Crippen molar-refractivity contribution in [1.82, 2.24) is 5.32 Å². The second-order valence-electron chi connectivity index (χ2n) is 2.99. The lowest BCUT2D eigenvalue weighted by atomic mass is 10.1. The molecule has 5 heteroatoms. The smallest absolute Gasteiger partial charge is 0.325 e. The predicted molar refractivity (Wildman–Crippen MR) is 54.1 cm³/mol. The third-order valence-corrected chi connectivity index (χ3v) is 2.07. The Kier molecular flexibility index (Phi) is 3.51. The largest absolute Gasteiger partial charge is 0.504 e. The minimum atomic E-state index is -0.998. The predicted octanol–water partition coefficient (Wildman–Crippen LogP) is 0.746. The van der Waals surface area contributed by atoms with E-state index in [1.165, 1.54) is 19.2 Å². The van der Waals surface area contributed by atoms with Gasteiger partial charge in [-0.3, -0.25) is 4.79 Å². The van der Waals surface area contributed by atoms with Crippen LogP contribution in [0.3, 0.4) is 0 Å². The topological polar surface area (TPSA) is 78.8 Å². The van der Waals surface area contributed by atoms with E-state index in [9.17, 15) is 9.90 Å². The minimum Gasteiger partial charge on any atom is -0.504 e. The molecule has 0 amide bonds. The van der Waals surface area contributed by atoms with Crippen molar-refractivity contribution in [2.75, 3.05) is 14.2 Å². The third kappa shape index (κ3) is 2.38. The summed E-state index contributed by atoms with van der Waals surface area (Å²) in [6.07, 6.45) is 0. The first-order valence-corrected chi connectivity index (χ1v) is 4.37. The molecule has 82 valence electrons. The van der Waals surface area contributed by atoms with E-state index in [2.05, 4.69) is 5.32 Å². The number of phenolic OH excluding ortho intramolecular Hbond substituents is 1. The van der Waals surface area contributed by atoms with E-state index in [0.717, 1.165) is 0 Å². The second kappa shape index (κ2) is 4.65. The number of carboxylic acid groups (broad SMARTS) is 1. The number of aromatic hydroxyl groups is 1. The van der Waals surface area contributed by atoms with Crippen LogP contribution in [0, 0.1) is 0 Å². The number of carbonyl (C=O) groups is 1. The highest BCUT2D eigenvalue weighted by Crippen LogP contribution is 2.28. The van der Waals surface area contributed by atoms with E-state index >= 15 is 0 Å². The molecule has 1 unspecified atom stereocenters. The van der Waals surface area contributed by atoms with Crippen LogP contribution in [0.5, 0.6) is 11.5 Å². The molecule has 0 aromatic heterocycles. The molecule has 0 fully saturated rings. The van der Waals surface area contributed by atoms with Gasteiger partial charge in [0.1, 0.15) is 6.04 Å². The number of likely N-dealkylation sites (N-methyl/N-ethyl adjacent to an activating group) is 1. The molecule has 0 aliphatic rings. The molecule has 5 nitrogen and oxygen atoms in total. The highest BCUT2D eigenvalue weighted by atomic mass is 16.5. The summed E-state index contributed by atoms with van der Waals surface area (Å²) in [4.78, 5) is 10.8. The molecular formula is C10H13NO4. The van der Waals surface area contributed by atoms with Gasteiger partial charge in [0.25, 0.3) is 0 Å². The Labute approximate surface area is 87.3 Å². The van der Waals surface area contributed by atoms with Gasteiger partial charge in [-0.1, -0.05) is 6.07 Å². The van der Waals surface area contributed by atoms with Gasteiger partial charge < -0.3 is 20.3 Å².